The first-order chi connectivity index (χ1) is 20.0. The first-order valence-corrected chi connectivity index (χ1v) is 15.4. The van der Waals surface area contributed by atoms with Gasteiger partial charge in [-0.1, -0.05) is 0 Å². The second kappa shape index (κ2) is 12.3. The molecule has 3 heterocycles. The molecule has 218 valence electrons. The third-order valence-electron chi connectivity index (χ3n) is 9.47. The summed E-state index contributed by atoms with van der Waals surface area (Å²) < 4.78 is 11.1. The number of aromatic nitrogens is 3. The molecule has 0 aromatic carbocycles. The number of aryl methyl sites for hydroxylation is 1. The molecule has 8 nitrogen and oxygen atoms in total. The predicted octanol–water partition coefficient (Wildman–Crippen LogP) is 6.43. The predicted molar refractivity (Wildman–Crippen MR) is 157 cm³/mol. The summed E-state index contributed by atoms with van der Waals surface area (Å²) in [7, 11) is 1.68. The maximum atomic E-state index is 14.1. The van der Waals surface area contributed by atoms with E-state index in [1.807, 2.05) is 30.0 Å². The van der Waals surface area contributed by atoms with Gasteiger partial charge in [-0.25, -0.2) is 9.97 Å². The largest absolute Gasteiger partial charge is 0.495 e. The lowest BCUT2D eigenvalue weighted by Gasteiger charge is -2.35. The fourth-order valence-electron chi connectivity index (χ4n) is 6.68. The number of carbonyl (C=O) groups is 1. The van der Waals surface area contributed by atoms with Crippen molar-refractivity contribution in [2.75, 3.05) is 25.2 Å². The molecule has 0 atom stereocenters. The zero-order valence-corrected chi connectivity index (χ0v) is 24.3. The lowest BCUT2D eigenvalue weighted by Crippen LogP contribution is -2.42. The van der Waals surface area contributed by atoms with Crippen molar-refractivity contribution in [2.24, 2.45) is 17.8 Å². The molecule has 8 heteroatoms. The van der Waals surface area contributed by atoms with E-state index in [1.165, 1.54) is 0 Å². The topological polar surface area (TPSA) is 102 Å². The van der Waals surface area contributed by atoms with E-state index in [9.17, 15) is 9.90 Å². The maximum Gasteiger partial charge on any atom is 0.231 e. The van der Waals surface area contributed by atoms with Gasteiger partial charge in [-0.05, 0) is 107 Å². The van der Waals surface area contributed by atoms with Gasteiger partial charge in [0.25, 0.3) is 0 Å². The van der Waals surface area contributed by atoms with Crippen LogP contribution in [-0.2, 0) is 4.79 Å². The van der Waals surface area contributed by atoms with Crippen LogP contribution in [0.15, 0.2) is 41.1 Å². The number of methoxy groups -OCH3 is 1. The van der Waals surface area contributed by atoms with Crippen LogP contribution in [0.2, 0.25) is 0 Å². The highest BCUT2D eigenvalue weighted by atomic mass is 16.5. The van der Waals surface area contributed by atoms with Gasteiger partial charge in [0.15, 0.2) is 5.89 Å². The normalized spacial score (nSPS) is 24.7. The summed E-state index contributed by atoms with van der Waals surface area (Å²) in [6.45, 7) is 2.88. The summed E-state index contributed by atoms with van der Waals surface area (Å²) in [5, 5.41) is 9.61. The van der Waals surface area contributed by atoms with Gasteiger partial charge < -0.3 is 14.3 Å². The van der Waals surface area contributed by atoms with Gasteiger partial charge in [0.05, 0.1) is 12.8 Å². The summed E-state index contributed by atoms with van der Waals surface area (Å²) in [4.78, 5) is 30.3. The Hall–Kier alpha value is -3.26. The number of anilines is 1. The Morgan fingerprint density at radius 1 is 0.976 bits per heavy atom. The van der Waals surface area contributed by atoms with Crippen molar-refractivity contribution >= 4 is 11.7 Å². The Kier molecular flexibility index (Phi) is 8.37. The standard InChI is InChI=1S/C33H42N4O4/c1-21-30(40-2)14-13-28(35-21)24-7-3-22(4-8-24)18-37(33(39)26-9-5-23(19-38)6-10-26)31-17-27(15-16-34-31)29-20-41-32(36-29)25-11-12-25/h13-17,20,22-26,38H,3-12,18-19H2,1-2H3. The summed E-state index contributed by atoms with van der Waals surface area (Å²) in [6, 6.07) is 8.07. The van der Waals surface area contributed by atoms with Crippen molar-refractivity contribution < 1.29 is 19.1 Å². The Morgan fingerprint density at radius 2 is 1.71 bits per heavy atom. The SMILES string of the molecule is COc1ccc(C2CCC(CN(C(=O)C3CCC(CO)CC3)c3cc(-c4coc(C5CC5)n4)ccn3)CC2)nc1C. The summed E-state index contributed by atoms with van der Waals surface area (Å²) >= 11 is 0. The number of amides is 1. The molecule has 3 aliphatic carbocycles. The maximum absolute atomic E-state index is 14.1. The zero-order chi connectivity index (χ0) is 28.3. The number of nitrogens with zero attached hydrogens (tertiary/aromatic N) is 4. The fraction of sp³-hybridized carbons (Fsp3) is 0.576. The van der Waals surface area contributed by atoms with Gasteiger partial charge in [-0.3, -0.25) is 14.7 Å². The van der Waals surface area contributed by atoms with Crippen LogP contribution >= 0.6 is 0 Å². The number of hydrogen-bond donors (Lipinski definition) is 1. The molecule has 0 bridgehead atoms. The lowest BCUT2D eigenvalue weighted by atomic mass is 9.79. The van der Waals surface area contributed by atoms with Crippen LogP contribution in [0, 0.1) is 24.7 Å². The minimum Gasteiger partial charge on any atom is -0.495 e. The second-order valence-corrected chi connectivity index (χ2v) is 12.3. The van der Waals surface area contributed by atoms with Gasteiger partial charge in [-0.2, -0.15) is 0 Å². The van der Waals surface area contributed by atoms with E-state index in [1.54, 1.807) is 19.6 Å². The first kappa shape index (κ1) is 27.9. The molecule has 3 aromatic heterocycles. The van der Waals surface area contributed by atoms with Gasteiger partial charge in [0.2, 0.25) is 5.91 Å². The monoisotopic (exact) mass is 558 g/mol. The van der Waals surface area contributed by atoms with Crippen LogP contribution in [-0.4, -0.2) is 46.2 Å². The van der Waals surface area contributed by atoms with Crippen LogP contribution in [0.1, 0.15) is 93.3 Å². The number of carbonyl (C=O) groups excluding carboxylic acids is 1. The Bertz CT molecular complexity index is 1340. The molecule has 0 unspecified atom stereocenters. The van der Waals surface area contributed by atoms with Crippen LogP contribution in [0.3, 0.4) is 0 Å². The van der Waals surface area contributed by atoms with E-state index in [-0.39, 0.29) is 18.4 Å². The van der Waals surface area contributed by atoms with E-state index in [2.05, 4.69) is 6.07 Å². The Balaban J connectivity index is 1.19. The highest BCUT2D eigenvalue weighted by Crippen LogP contribution is 2.41. The van der Waals surface area contributed by atoms with Gasteiger partial charge in [-0.15, -0.1) is 0 Å². The molecule has 3 aliphatic rings. The molecule has 1 amide bonds. The third-order valence-corrected chi connectivity index (χ3v) is 9.47. The Morgan fingerprint density at radius 3 is 2.39 bits per heavy atom. The molecule has 1 N–H and O–H groups in total. The molecular formula is C33H42N4O4. The van der Waals surface area contributed by atoms with Crippen LogP contribution in [0.4, 0.5) is 5.82 Å². The molecule has 0 aliphatic heterocycles. The van der Waals surface area contributed by atoms with Crippen molar-refractivity contribution in [1.82, 2.24) is 15.0 Å². The molecule has 3 saturated carbocycles. The number of aliphatic hydroxyl groups is 1. The highest BCUT2D eigenvalue weighted by Gasteiger charge is 2.34. The molecule has 3 aromatic rings. The zero-order valence-electron chi connectivity index (χ0n) is 24.3. The number of oxazole rings is 1. The fourth-order valence-corrected chi connectivity index (χ4v) is 6.68. The molecular weight excluding hydrogens is 516 g/mol. The number of aliphatic hydroxyl groups excluding tert-OH is 1. The van der Waals surface area contributed by atoms with E-state index < -0.39 is 0 Å². The molecule has 0 spiro atoms. The molecule has 41 heavy (non-hydrogen) atoms. The van der Waals surface area contributed by atoms with Crippen molar-refractivity contribution in [3.8, 4) is 17.0 Å². The Labute approximate surface area is 242 Å². The van der Waals surface area contributed by atoms with Crippen molar-refractivity contribution in [3.05, 3.63) is 54.0 Å². The van der Waals surface area contributed by atoms with Crippen molar-refractivity contribution in [2.45, 2.75) is 83.0 Å². The number of pyridine rings is 2. The van der Waals surface area contributed by atoms with E-state index in [0.29, 0.717) is 36.0 Å². The highest BCUT2D eigenvalue weighted by molar-refractivity contribution is 5.94. The van der Waals surface area contributed by atoms with Crippen molar-refractivity contribution in [3.63, 3.8) is 0 Å². The second-order valence-electron chi connectivity index (χ2n) is 12.3. The molecule has 0 radical (unpaired) electrons. The van der Waals surface area contributed by atoms with Gasteiger partial charge in [0, 0.05) is 48.4 Å². The average molecular weight is 559 g/mol. The summed E-state index contributed by atoms with van der Waals surface area (Å²) in [5.74, 6) is 4.07. The molecule has 6 rings (SSSR count). The summed E-state index contributed by atoms with van der Waals surface area (Å²) in [5.41, 5.74) is 3.80. The lowest BCUT2D eigenvalue weighted by molar-refractivity contribution is -0.124. The van der Waals surface area contributed by atoms with E-state index in [4.69, 9.17) is 24.1 Å². The van der Waals surface area contributed by atoms with Gasteiger partial charge >= 0.3 is 0 Å². The third kappa shape index (κ3) is 6.32. The van der Waals surface area contributed by atoms with Crippen LogP contribution in [0.25, 0.3) is 11.3 Å². The van der Waals surface area contributed by atoms with Crippen LogP contribution < -0.4 is 9.64 Å². The first-order valence-electron chi connectivity index (χ1n) is 15.4. The molecule has 3 fully saturated rings. The van der Waals surface area contributed by atoms with Crippen LogP contribution in [0.5, 0.6) is 5.75 Å². The summed E-state index contributed by atoms with van der Waals surface area (Å²) in [6.07, 6.45) is 13.4. The minimum atomic E-state index is -0.0282. The number of hydrogen-bond acceptors (Lipinski definition) is 7. The smallest absolute Gasteiger partial charge is 0.231 e. The van der Waals surface area contributed by atoms with Gasteiger partial charge in [0.1, 0.15) is 23.5 Å². The number of rotatable bonds is 9. The molecule has 0 saturated heterocycles. The average Bonchev–Trinajstić information content (AvgIpc) is 3.75. The van der Waals surface area contributed by atoms with Crippen molar-refractivity contribution in [1.29, 1.82) is 0 Å². The van der Waals surface area contributed by atoms with E-state index >= 15 is 0 Å². The quantitative estimate of drug-likeness (QED) is 0.323. The number of ether oxygens (including phenoxy) is 1. The van der Waals surface area contributed by atoms with E-state index in [0.717, 1.165) is 98.5 Å². The minimum absolute atomic E-state index is 0.0282.